The van der Waals surface area contributed by atoms with Crippen LogP contribution >= 0.6 is 0 Å². The summed E-state index contributed by atoms with van der Waals surface area (Å²) in [6.07, 6.45) is -0.661. The lowest BCUT2D eigenvalue weighted by Gasteiger charge is -2.40. The Hall–Kier alpha value is -0.240. The van der Waals surface area contributed by atoms with Gasteiger partial charge < -0.3 is 28.8 Å². The number of unbranched alkanes of at least 4 members (excludes halogenated alkanes) is 1. The zero-order valence-electron chi connectivity index (χ0n) is 14.1. The first-order valence-corrected chi connectivity index (χ1v) is 8.25. The zero-order valence-corrected chi connectivity index (χ0v) is 14.1. The predicted octanol–water partition coefficient (Wildman–Crippen LogP) is 1.59. The van der Waals surface area contributed by atoms with Crippen LogP contribution in [0.4, 0.5) is 0 Å². The van der Waals surface area contributed by atoms with E-state index in [2.05, 4.69) is 6.92 Å². The van der Waals surface area contributed by atoms with E-state index in [0.29, 0.717) is 6.61 Å². The van der Waals surface area contributed by atoms with Gasteiger partial charge in [-0.05, 0) is 34.1 Å². The van der Waals surface area contributed by atoms with Gasteiger partial charge in [0.25, 0.3) is 0 Å². The summed E-state index contributed by atoms with van der Waals surface area (Å²) in [5.41, 5.74) is 0. The van der Waals surface area contributed by atoms with Gasteiger partial charge in [-0.15, -0.1) is 0 Å². The van der Waals surface area contributed by atoms with Gasteiger partial charge in [0.1, 0.15) is 36.6 Å². The molecule has 1 N–H and O–H groups in total. The second-order valence-corrected chi connectivity index (χ2v) is 7.31. The van der Waals surface area contributed by atoms with Gasteiger partial charge in [0, 0.05) is 6.61 Å². The lowest BCUT2D eigenvalue weighted by atomic mass is 9.85. The van der Waals surface area contributed by atoms with E-state index in [1.165, 1.54) is 0 Å². The Balaban J connectivity index is 1.83. The molecule has 3 aliphatic rings. The maximum atomic E-state index is 10.6. The highest BCUT2D eigenvalue weighted by Crippen LogP contribution is 2.45. The normalized spacial score (nSPS) is 45.5. The van der Waals surface area contributed by atoms with Crippen molar-refractivity contribution < 1.29 is 28.8 Å². The summed E-state index contributed by atoms with van der Waals surface area (Å²) in [5, 5.41) is 10.6. The molecule has 0 aromatic heterocycles. The smallest absolute Gasteiger partial charge is 0.164 e. The van der Waals surface area contributed by atoms with Gasteiger partial charge in [-0.3, -0.25) is 0 Å². The number of hydrogen-bond donors (Lipinski definition) is 1. The fourth-order valence-corrected chi connectivity index (χ4v) is 3.60. The van der Waals surface area contributed by atoms with Gasteiger partial charge in [0.2, 0.25) is 0 Å². The van der Waals surface area contributed by atoms with Crippen molar-refractivity contribution in [2.45, 2.75) is 95.7 Å². The highest BCUT2D eigenvalue weighted by atomic mass is 16.8. The van der Waals surface area contributed by atoms with E-state index in [1.54, 1.807) is 0 Å². The van der Waals surface area contributed by atoms with Crippen molar-refractivity contribution in [1.82, 2.24) is 0 Å². The number of hydrogen-bond acceptors (Lipinski definition) is 6. The van der Waals surface area contributed by atoms with Gasteiger partial charge in [-0.1, -0.05) is 13.3 Å². The van der Waals surface area contributed by atoms with Crippen LogP contribution in [0.2, 0.25) is 0 Å². The monoisotopic (exact) mass is 316 g/mol. The maximum absolute atomic E-state index is 10.6. The molecule has 1 saturated carbocycles. The molecule has 0 spiro atoms. The van der Waals surface area contributed by atoms with Crippen LogP contribution in [0.5, 0.6) is 0 Å². The summed E-state index contributed by atoms with van der Waals surface area (Å²) in [7, 11) is 0. The summed E-state index contributed by atoms with van der Waals surface area (Å²) < 4.78 is 29.8. The van der Waals surface area contributed by atoms with Crippen LogP contribution < -0.4 is 0 Å². The lowest BCUT2D eigenvalue weighted by molar-refractivity contribution is -0.188. The van der Waals surface area contributed by atoms with Crippen LogP contribution in [0, 0.1) is 0 Å². The van der Waals surface area contributed by atoms with E-state index < -0.39 is 29.9 Å². The predicted molar refractivity (Wildman–Crippen MR) is 78.3 cm³/mol. The van der Waals surface area contributed by atoms with Crippen molar-refractivity contribution in [1.29, 1.82) is 0 Å². The van der Waals surface area contributed by atoms with Crippen LogP contribution in [0.15, 0.2) is 0 Å². The van der Waals surface area contributed by atoms with Crippen LogP contribution in [0.25, 0.3) is 0 Å². The van der Waals surface area contributed by atoms with Crippen LogP contribution in [-0.2, 0) is 23.7 Å². The maximum Gasteiger partial charge on any atom is 0.164 e. The topological polar surface area (TPSA) is 66.4 Å². The van der Waals surface area contributed by atoms with Gasteiger partial charge in [0.05, 0.1) is 0 Å². The minimum absolute atomic E-state index is 0.298. The number of aliphatic hydroxyl groups is 1. The van der Waals surface area contributed by atoms with Crippen LogP contribution in [0.3, 0.4) is 0 Å². The molecule has 2 heterocycles. The fourth-order valence-electron chi connectivity index (χ4n) is 3.60. The molecular formula is C16H28O6. The van der Waals surface area contributed by atoms with Gasteiger partial charge in [-0.25, -0.2) is 0 Å². The average Bonchev–Trinajstić information content (AvgIpc) is 2.90. The van der Waals surface area contributed by atoms with Crippen molar-refractivity contribution >= 4 is 0 Å². The Morgan fingerprint density at radius 2 is 1.32 bits per heavy atom. The standard InChI is InChI=1S/C16H28O6/c1-6-7-8-18-12-13-10(19-15(2,3)21-13)9(17)11-14(12)22-16(4,5)20-11/h9-14,17H,6-8H2,1-5H3/t9-,10-,11-,12-,13+,14-/m0/s1. The van der Waals surface area contributed by atoms with Gasteiger partial charge in [0.15, 0.2) is 11.6 Å². The molecular weight excluding hydrogens is 288 g/mol. The fraction of sp³-hybridized carbons (Fsp3) is 1.00. The third-order valence-electron chi connectivity index (χ3n) is 4.46. The minimum Gasteiger partial charge on any atom is -0.387 e. The zero-order chi connectivity index (χ0) is 16.1. The first-order chi connectivity index (χ1) is 10.2. The van der Waals surface area contributed by atoms with Crippen molar-refractivity contribution in [3.05, 3.63) is 0 Å². The molecule has 0 aromatic rings. The number of aliphatic hydroxyl groups excluding tert-OH is 1. The Labute approximate surface area is 132 Å². The minimum atomic E-state index is -0.787. The summed E-state index contributed by atoms with van der Waals surface area (Å²) in [5.74, 6) is -1.48. The number of fused-ring (bicyclic) bond motifs is 2. The molecule has 6 heteroatoms. The largest absolute Gasteiger partial charge is 0.387 e. The molecule has 0 amide bonds. The first-order valence-electron chi connectivity index (χ1n) is 8.25. The molecule has 0 bridgehead atoms. The highest BCUT2D eigenvalue weighted by Gasteiger charge is 2.63. The Bertz CT molecular complexity index is 377. The molecule has 3 rings (SSSR count). The molecule has 6 nitrogen and oxygen atoms in total. The third-order valence-corrected chi connectivity index (χ3v) is 4.46. The molecule has 1 aliphatic carbocycles. The molecule has 0 aromatic carbocycles. The van der Waals surface area contributed by atoms with Crippen molar-refractivity contribution in [3.63, 3.8) is 0 Å². The van der Waals surface area contributed by atoms with Crippen LogP contribution in [-0.4, -0.2) is 59.9 Å². The first kappa shape index (κ1) is 16.6. The molecule has 6 atom stereocenters. The Morgan fingerprint density at radius 3 is 1.77 bits per heavy atom. The number of ether oxygens (including phenoxy) is 5. The summed E-state index contributed by atoms with van der Waals surface area (Å²) >= 11 is 0. The molecule has 2 saturated heterocycles. The van der Waals surface area contributed by atoms with E-state index in [-0.39, 0.29) is 18.3 Å². The van der Waals surface area contributed by atoms with Crippen LogP contribution in [0.1, 0.15) is 47.5 Å². The second-order valence-electron chi connectivity index (χ2n) is 7.31. The molecule has 128 valence electrons. The van der Waals surface area contributed by atoms with E-state index >= 15 is 0 Å². The SMILES string of the molecule is CCCCO[C@@H]1[C@H]2OC(C)(C)O[C@H]2[C@@H](O)[C@@H]2OC(C)(C)O[C@@H]12. The van der Waals surface area contributed by atoms with E-state index in [9.17, 15) is 5.11 Å². The van der Waals surface area contributed by atoms with Crippen molar-refractivity contribution in [3.8, 4) is 0 Å². The average molecular weight is 316 g/mol. The van der Waals surface area contributed by atoms with E-state index in [1.807, 2.05) is 27.7 Å². The summed E-state index contributed by atoms with van der Waals surface area (Å²) in [4.78, 5) is 0. The Morgan fingerprint density at radius 1 is 0.864 bits per heavy atom. The third kappa shape index (κ3) is 2.92. The van der Waals surface area contributed by atoms with Crippen molar-refractivity contribution in [2.24, 2.45) is 0 Å². The quantitative estimate of drug-likeness (QED) is 0.795. The van der Waals surface area contributed by atoms with Gasteiger partial charge >= 0.3 is 0 Å². The lowest BCUT2D eigenvalue weighted by Crippen LogP contribution is -2.62. The number of rotatable bonds is 4. The molecule has 2 aliphatic heterocycles. The molecule has 0 radical (unpaired) electrons. The van der Waals surface area contributed by atoms with E-state index in [0.717, 1.165) is 12.8 Å². The Kier molecular flexibility index (Phi) is 4.29. The van der Waals surface area contributed by atoms with Gasteiger partial charge in [-0.2, -0.15) is 0 Å². The second kappa shape index (κ2) is 5.69. The molecule has 3 fully saturated rings. The molecule has 22 heavy (non-hydrogen) atoms. The summed E-state index contributed by atoms with van der Waals surface area (Å²) in [6, 6.07) is 0. The van der Waals surface area contributed by atoms with E-state index in [4.69, 9.17) is 23.7 Å². The highest BCUT2D eigenvalue weighted by molar-refractivity contribution is 5.08. The van der Waals surface area contributed by atoms with Crippen molar-refractivity contribution in [2.75, 3.05) is 6.61 Å². The summed E-state index contributed by atoms with van der Waals surface area (Å²) in [6.45, 7) is 10.2. The molecule has 0 unspecified atom stereocenters.